The zero-order valence-corrected chi connectivity index (χ0v) is 11.6. The third-order valence-corrected chi connectivity index (χ3v) is 3.43. The van der Waals surface area contributed by atoms with Gasteiger partial charge in [-0.15, -0.1) is 0 Å². The predicted octanol–water partition coefficient (Wildman–Crippen LogP) is 3.28. The van der Waals surface area contributed by atoms with Crippen LogP contribution in [0.2, 0.25) is 10.0 Å². The maximum atomic E-state index is 5.95. The van der Waals surface area contributed by atoms with Crippen molar-refractivity contribution >= 4 is 23.2 Å². The molecule has 0 saturated carbocycles. The Morgan fingerprint density at radius 3 is 2.61 bits per heavy atom. The number of rotatable bonds is 3. The molecule has 4 nitrogen and oxygen atoms in total. The van der Waals surface area contributed by atoms with Gasteiger partial charge in [-0.3, -0.25) is 0 Å². The first-order valence-electron chi connectivity index (χ1n) is 5.44. The molecule has 96 valence electrons. The second-order valence-electron chi connectivity index (χ2n) is 4.64. The van der Waals surface area contributed by atoms with Crippen LogP contribution in [0.5, 0.6) is 0 Å². The first-order chi connectivity index (χ1) is 8.44. The normalized spacial score (nSPS) is 11.8. The maximum absolute atomic E-state index is 5.95. The largest absolute Gasteiger partial charge is 0.338 e. The summed E-state index contributed by atoms with van der Waals surface area (Å²) in [5.74, 6) is 0.983. The fourth-order valence-electron chi connectivity index (χ4n) is 1.34. The average Bonchev–Trinajstić information content (AvgIpc) is 2.83. The number of nitrogens with two attached hydrogens (primary N) is 1. The van der Waals surface area contributed by atoms with E-state index in [4.69, 9.17) is 33.5 Å². The first kappa shape index (κ1) is 13.3. The lowest BCUT2D eigenvalue weighted by atomic mass is 9.94. The van der Waals surface area contributed by atoms with E-state index in [9.17, 15) is 0 Å². The molecule has 0 atom stereocenters. The van der Waals surface area contributed by atoms with Crippen LogP contribution in [-0.4, -0.2) is 16.7 Å². The third-order valence-electron chi connectivity index (χ3n) is 2.69. The van der Waals surface area contributed by atoms with Gasteiger partial charge in [0, 0.05) is 12.1 Å². The fourth-order valence-corrected chi connectivity index (χ4v) is 1.64. The highest BCUT2D eigenvalue weighted by atomic mass is 35.5. The third kappa shape index (κ3) is 2.51. The monoisotopic (exact) mass is 285 g/mol. The van der Waals surface area contributed by atoms with Crippen LogP contribution in [-0.2, 0) is 5.41 Å². The Morgan fingerprint density at radius 2 is 2.00 bits per heavy atom. The van der Waals surface area contributed by atoms with E-state index in [-0.39, 0.29) is 5.41 Å². The highest BCUT2D eigenvalue weighted by Crippen LogP contribution is 2.28. The molecule has 0 spiro atoms. The van der Waals surface area contributed by atoms with Crippen LogP contribution in [0, 0.1) is 0 Å². The van der Waals surface area contributed by atoms with Crippen LogP contribution < -0.4 is 5.73 Å². The van der Waals surface area contributed by atoms with Crippen molar-refractivity contribution in [1.82, 2.24) is 10.1 Å². The highest BCUT2D eigenvalue weighted by Gasteiger charge is 2.26. The zero-order chi connectivity index (χ0) is 13.3. The minimum atomic E-state index is -0.346. The summed E-state index contributed by atoms with van der Waals surface area (Å²) >= 11 is 11.8. The topological polar surface area (TPSA) is 64.9 Å². The lowest BCUT2D eigenvalue weighted by Crippen LogP contribution is -2.28. The minimum Gasteiger partial charge on any atom is -0.338 e. The number of hydrogen-bond acceptors (Lipinski definition) is 4. The summed E-state index contributed by atoms with van der Waals surface area (Å²) in [6.45, 7) is 4.31. The van der Waals surface area contributed by atoms with Gasteiger partial charge < -0.3 is 10.3 Å². The number of halogens is 2. The number of nitrogens with zero attached hydrogens (tertiary/aromatic N) is 2. The molecule has 1 aromatic carbocycles. The average molecular weight is 286 g/mol. The van der Waals surface area contributed by atoms with E-state index in [0.717, 1.165) is 5.56 Å². The molecule has 0 bridgehead atoms. The Kier molecular flexibility index (Phi) is 3.61. The van der Waals surface area contributed by atoms with Crippen LogP contribution in [0.1, 0.15) is 19.7 Å². The lowest BCUT2D eigenvalue weighted by molar-refractivity contribution is 0.311. The number of benzene rings is 1. The van der Waals surface area contributed by atoms with Crippen LogP contribution >= 0.6 is 23.2 Å². The van der Waals surface area contributed by atoms with Gasteiger partial charge in [-0.05, 0) is 32.0 Å². The van der Waals surface area contributed by atoms with E-state index in [1.165, 1.54) is 0 Å². The summed E-state index contributed by atoms with van der Waals surface area (Å²) < 4.78 is 5.23. The lowest BCUT2D eigenvalue weighted by Gasteiger charge is -2.15. The Hall–Kier alpha value is -1.10. The molecule has 0 saturated heterocycles. The van der Waals surface area contributed by atoms with Gasteiger partial charge in [-0.25, -0.2) is 0 Å². The predicted molar refractivity (Wildman–Crippen MR) is 71.8 cm³/mol. The summed E-state index contributed by atoms with van der Waals surface area (Å²) in [7, 11) is 0. The molecule has 0 aliphatic heterocycles. The van der Waals surface area contributed by atoms with Gasteiger partial charge in [0.25, 0.3) is 0 Å². The van der Waals surface area contributed by atoms with E-state index < -0.39 is 0 Å². The Labute approximate surface area is 115 Å². The van der Waals surface area contributed by atoms with Crippen LogP contribution in [0.25, 0.3) is 11.4 Å². The molecule has 2 aromatic rings. The van der Waals surface area contributed by atoms with Crippen molar-refractivity contribution in [2.24, 2.45) is 5.73 Å². The molecule has 0 aliphatic rings. The molecule has 6 heteroatoms. The van der Waals surface area contributed by atoms with Gasteiger partial charge in [0.1, 0.15) is 0 Å². The van der Waals surface area contributed by atoms with E-state index in [1.807, 2.05) is 13.8 Å². The Balaban J connectivity index is 2.38. The number of hydrogen-bond donors (Lipinski definition) is 1. The first-order valence-corrected chi connectivity index (χ1v) is 6.19. The van der Waals surface area contributed by atoms with E-state index in [0.29, 0.717) is 28.3 Å². The van der Waals surface area contributed by atoms with Crippen molar-refractivity contribution in [2.75, 3.05) is 6.54 Å². The maximum Gasteiger partial charge on any atom is 0.233 e. The van der Waals surface area contributed by atoms with Crippen molar-refractivity contribution in [3.05, 3.63) is 34.1 Å². The van der Waals surface area contributed by atoms with Crippen LogP contribution in [0.3, 0.4) is 0 Å². The molecule has 1 aromatic heterocycles. The van der Waals surface area contributed by atoms with Crippen molar-refractivity contribution in [1.29, 1.82) is 0 Å². The van der Waals surface area contributed by atoms with Gasteiger partial charge in [0.15, 0.2) is 0 Å². The fraction of sp³-hybridized carbons (Fsp3) is 0.333. The van der Waals surface area contributed by atoms with Crippen molar-refractivity contribution in [3.8, 4) is 11.4 Å². The summed E-state index contributed by atoms with van der Waals surface area (Å²) in [6, 6.07) is 5.19. The molecule has 2 N–H and O–H groups in total. The van der Waals surface area contributed by atoms with Gasteiger partial charge >= 0.3 is 0 Å². The van der Waals surface area contributed by atoms with Crippen molar-refractivity contribution in [2.45, 2.75) is 19.3 Å². The smallest absolute Gasteiger partial charge is 0.233 e. The highest BCUT2D eigenvalue weighted by molar-refractivity contribution is 6.42. The summed E-state index contributed by atoms with van der Waals surface area (Å²) in [5, 5.41) is 4.88. The van der Waals surface area contributed by atoms with Crippen LogP contribution in [0.15, 0.2) is 22.7 Å². The van der Waals surface area contributed by atoms with Crippen molar-refractivity contribution < 1.29 is 4.52 Å². The molecule has 18 heavy (non-hydrogen) atoms. The molecule has 0 amide bonds. The Bertz CT molecular complexity index is 566. The molecule has 0 aliphatic carbocycles. The molecule has 0 radical (unpaired) electrons. The standard InChI is InChI=1S/C12H13Cl2N3O/c1-12(2,6-15)11-16-10(17-18-11)7-3-4-8(13)9(14)5-7/h3-5H,6,15H2,1-2H3. The zero-order valence-electron chi connectivity index (χ0n) is 10.1. The molecule has 0 unspecified atom stereocenters. The molecule has 1 heterocycles. The number of aromatic nitrogens is 2. The minimum absolute atomic E-state index is 0.346. The van der Waals surface area contributed by atoms with Crippen molar-refractivity contribution in [3.63, 3.8) is 0 Å². The van der Waals surface area contributed by atoms with E-state index in [1.54, 1.807) is 18.2 Å². The molecular formula is C12H13Cl2N3O. The van der Waals surface area contributed by atoms with Gasteiger partial charge in [0.05, 0.1) is 15.5 Å². The Morgan fingerprint density at radius 1 is 1.28 bits per heavy atom. The quantitative estimate of drug-likeness (QED) is 0.940. The van der Waals surface area contributed by atoms with Gasteiger partial charge in [-0.1, -0.05) is 28.4 Å². The van der Waals surface area contributed by atoms with Crippen LogP contribution in [0.4, 0.5) is 0 Å². The molecule has 0 fully saturated rings. The summed E-state index contributed by atoms with van der Waals surface area (Å²) in [6.07, 6.45) is 0. The van der Waals surface area contributed by atoms with E-state index in [2.05, 4.69) is 10.1 Å². The molecule has 2 rings (SSSR count). The summed E-state index contributed by atoms with van der Waals surface area (Å²) in [5.41, 5.74) is 6.07. The van der Waals surface area contributed by atoms with Gasteiger partial charge in [-0.2, -0.15) is 4.98 Å². The van der Waals surface area contributed by atoms with Gasteiger partial charge in [0.2, 0.25) is 11.7 Å². The second-order valence-corrected chi connectivity index (χ2v) is 5.45. The van der Waals surface area contributed by atoms with E-state index >= 15 is 0 Å². The summed E-state index contributed by atoms with van der Waals surface area (Å²) in [4.78, 5) is 4.33. The second kappa shape index (κ2) is 4.88. The SMILES string of the molecule is CC(C)(CN)c1nc(-c2ccc(Cl)c(Cl)c2)no1. The molecular weight excluding hydrogens is 273 g/mol.